The standard InChI is InChI=1S/C15H28N2O4/c1-14(2,3)21-13(19)16-10-15(4,11-6-7-11)17-12(18)8-9-20-5/h11H,6-10H2,1-5H3,(H,16,19)(H,17,18). The van der Waals surface area contributed by atoms with Crippen molar-refractivity contribution < 1.29 is 19.1 Å². The van der Waals surface area contributed by atoms with Crippen LogP contribution < -0.4 is 10.6 Å². The molecule has 2 amide bonds. The van der Waals surface area contributed by atoms with Crippen LogP contribution in [0.15, 0.2) is 0 Å². The fourth-order valence-corrected chi connectivity index (χ4v) is 2.16. The van der Waals surface area contributed by atoms with Gasteiger partial charge in [-0.3, -0.25) is 4.79 Å². The van der Waals surface area contributed by atoms with Crippen LogP contribution in [0.4, 0.5) is 4.79 Å². The number of amides is 2. The summed E-state index contributed by atoms with van der Waals surface area (Å²) in [5, 5.41) is 5.77. The molecule has 1 aliphatic rings. The lowest BCUT2D eigenvalue weighted by Gasteiger charge is -2.32. The van der Waals surface area contributed by atoms with E-state index in [0.29, 0.717) is 25.5 Å². The van der Waals surface area contributed by atoms with Gasteiger partial charge in [-0.1, -0.05) is 0 Å². The van der Waals surface area contributed by atoms with Gasteiger partial charge < -0.3 is 20.1 Å². The van der Waals surface area contributed by atoms with Crippen molar-refractivity contribution in [1.29, 1.82) is 0 Å². The first kappa shape index (κ1) is 17.8. The van der Waals surface area contributed by atoms with Crippen molar-refractivity contribution in [3.63, 3.8) is 0 Å². The molecule has 0 aromatic heterocycles. The third-order valence-electron chi connectivity index (χ3n) is 3.44. The minimum Gasteiger partial charge on any atom is -0.444 e. The van der Waals surface area contributed by atoms with E-state index in [1.54, 1.807) is 7.11 Å². The largest absolute Gasteiger partial charge is 0.444 e. The van der Waals surface area contributed by atoms with Gasteiger partial charge in [0.25, 0.3) is 0 Å². The fraction of sp³-hybridized carbons (Fsp3) is 0.867. The van der Waals surface area contributed by atoms with E-state index in [-0.39, 0.29) is 5.91 Å². The molecule has 1 fully saturated rings. The van der Waals surface area contributed by atoms with Crippen LogP contribution in [0.1, 0.15) is 47.0 Å². The third-order valence-corrected chi connectivity index (χ3v) is 3.44. The number of nitrogens with one attached hydrogen (secondary N) is 2. The lowest BCUT2D eigenvalue weighted by molar-refractivity contribution is -0.124. The van der Waals surface area contributed by atoms with Gasteiger partial charge in [0.2, 0.25) is 5.91 Å². The highest BCUT2D eigenvalue weighted by molar-refractivity contribution is 5.77. The molecule has 0 aliphatic heterocycles. The predicted octanol–water partition coefficient (Wildman–Crippen LogP) is 1.83. The Morgan fingerprint density at radius 1 is 1.19 bits per heavy atom. The van der Waals surface area contributed by atoms with Crippen molar-refractivity contribution >= 4 is 12.0 Å². The zero-order chi connectivity index (χ0) is 16.1. The molecule has 0 bridgehead atoms. The first-order valence-electron chi connectivity index (χ1n) is 7.43. The quantitative estimate of drug-likeness (QED) is 0.752. The van der Waals surface area contributed by atoms with Crippen LogP contribution in [0.2, 0.25) is 0 Å². The minimum absolute atomic E-state index is 0.0581. The summed E-state index contributed by atoms with van der Waals surface area (Å²) >= 11 is 0. The van der Waals surface area contributed by atoms with Crippen molar-refractivity contribution in [2.24, 2.45) is 5.92 Å². The van der Waals surface area contributed by atoms with Gasteiger partial charge >= 0.3 is 6.09 Å². The number of hydrogen-bond donors (Lipinski definition) is 2. The molecule has 1 unspecified atom stereocenters. The fourth-order valence-electron chi connectivity index (χ4n) is 2.16. The molecule has 6 nitrogen and oxygen atoms in total. The second kappa shape index (κ2) is 7.11. The van der Waals surface area contributed by atoms with Gasteiger partial charge in [-0.15, -0.1) is 0 Å². The van der Waals surface area contributed by atoms with Gasteiger partial charge in [0.15, 0.2) is 0 Å². The molecule has 1 rings (SSSR count). The third kappa shape index (κ3) is 6.80. The molecule has 6 heteroatoms. The Morgan fingerprint density at radius 3 is 2.29 bits per heavy atom. The average molecular weight is 300 g/mol. The van der Waals surface area contributed by atoms with Crippen LogP contribution in [0, 0.1) is 5.92 Å². The molecule has 122 valence electrons. The summed E-state index contributed by atoms with van der Waals surface area (Å²) in [6.45, 7) is 8.18. The Kier molecular flexibility index (Phi) is 6.01. The Hall–Kier alpha value is -1.30. The molecule has 1 saturated carbocycles. The number of carbonyl (C=O) groups is 2. The summed E-state index contributed by atoms with van der Waals surface area (Å²) < 4.78 is 10.1. The van der Waals surface area contributed by atoms with E-state index >= 15 is 0 Å². The van der Waals surface area contributed by atoms with E-state index in [1.165, 1.54) is 0 Å². The number of alkyl carbamates (subject to hydrolysis) is 1. The van der Waals surface area contributed by atoms with E-state index in [1.807, 2.05) is 27.7 Å². The Morgan fingerprint density at radius 2 is 1.81 bits per heavy atom. The molecule has 0 aromatic carbocycles. The highest BCUT2D eigenvalue weighted by atomic mass is 16.6. The summed E-state index contributed by atoms with van der Waals surface area (Å²) in [5.74, 6) is 0.344. The summed E-state index contributed by atoms with van der Waals surface area (Å²) in [7, 11) is 1.57. The van der Waals surface area contributed by atoms with Crippen molar-refractivity contribution in [2.75, 3.05) is 20.3 Å². The van der Waals surface area contributed by atoms with Gasteiger partial charge in [0, 0.05) is 20.1 Å². The van der Waals surface area contributed by atoms with E-state index in [2.05, 4.69) is 10.6 Å². The number of rotatable bonds is 7. The van der Waals surface area contributed by atoms with Crippen molar-refractivity contribution in [2.45, 2.75) is 58.1 Å². The highest BCUT2D eigenvalue weighted by Gasteiger charge is 2.42. The van der Waals surface area contributed by atoms with Gasteiger partial charge in [-0.2, -0.15) is 0 Å². The summed E-state index contributed by atoms with van der Waals surface area (Å²) in [4.78, 5) is 23.6. The molecule has 0 saturated heterocycles. The summed E-state index contributed by atoms with van der Waals surface area (Å²) in [5.41, 5.74) is -0.955. The first-order valence-corrected chi connectivity index (χ1v) is 7.43. The molecule has 1 atom stereocenters. The zero-order valence-electron chi connectivity index (χ0n) is 13.7. The second-order valence-electron chi connectivity index (χ2n) is 6.84. The summed E-state index contributed by atoms with van der Waals surface area (Å²) in [6.07, 6.45) is 2.00. The van der Waals surface area contributed by atoms with Crippen molar-refractivity contribution in [3.05, 3.63) is 0 Å². The normalized spacial score (nSPS) is 17.8. The van der Waals surface area contributed by atoms with Crippen LogP contribution >= 0.6 is 0 Å². The topological polar surface area (TPSA) is 76.7 Å². The van der Waals surface area contributed by atoms with Crippen molar-refractivity contribution in [1.82, 2.24) is 10.6 Å². The number of hydrogen-bond acceptors (Lipinski definition) is 4. The van der Waals surface area contributed by atoms with Crippen LogP contribution in [0.25, 0.3) is 0 Å². The number of methoxy groups -OCH3 is 1. The lowest BCUT2D eigenvalue weighted by atomic mass is 9.95. The molecule has 2 N–H and O–H groups in total. The zero-order valence-corrected chi connectivity index (χ0v) is 13.7. The van der Waals surface area contributed by atoms with E-state index in [0.717, 1.165) is 12.8 Å². The average Bonchev–Trinajstić information content (AvgIpc) is 3.16. The SMILES string of the molecule is COCCC(=O)NC(C)(CNC(=O)OC(C)(C)C)C1CC1. The van der Waals surface area contributed by atoms with Crippen LogP contribution in [-0.2, 0) is 14.3 Å². The predicted molar refractivity (Wildman–Crippen MR) is 80.0 cm³/mol. The van der Waals surface area contributed by atoms with Gasteiger partial charge in [-0.05, 0) is 46.5 Å². The molecular weight excluding hydrogens is 272 g/mol. The van der Waals surface area contributed by atoms with Crippen LogP contribution in [-0.4, -0.2) is 43.4 Å². The molecule has 0 radical (unpaired) electrons. The van der Waals surface area contributed by atoms with Gasteiger partial charge in [0.1, 0.15) is 5.60 Å². The highest BCUT2D eigenvalue weighted by Crippen LogP contribution is 2.39. The maximum absolute atomic E-state index is 11.9. The van der Waals surface area contributed by atoms with Gasteiger partial charge in [0.05, 0.1) is 12.1 Å². The second-order valence-corrected chi connectivity index (χ2v) is 6.84. The van der Waals surface area contributed by atoms with Crippen molar-refractivity contribution in [3.8, 4) is 0 Å². The van der Waals surface area contributed by atoms with E-state index in [4.69, 9.17) is 9.47 Å². The minimum atomic E-state index is -0.526. The first-order chi connectivity index (χ1) is 9.66. The van der Waals surface area contributed by atoms with E-state index in [9.17, 15) is 9.59 Å². The Bertz CT molecular complexity index is 374. The van der Waals surface area contributed by atoms with Gasteiger partial charge in [-0.25, -0.2) is 4.79 Å². The maximum atomic E-state index is 11.9. The summed E-state index contributed by atoms with van der Waals surface area (Å²) in [6, 6.07) is 0. The number of carbonyl (C=O) groups excluding carboxylic acids is 2. The maximum Gasteiger partial charge on any atom is 0.407 e. The smallest absolute Gasteiger partial charge is 0.407 e. The lowest BCUT2D eigenvalue weighted by Crippen LogP contribution is -2.55. The molecule has 0 heterocycles. The molecule has 1 aliphatic carbocycles. The number of ether oxygens (including phenoxy) is 2. The molecule has 21 heavy (non-hydrogen) atoms. The Balaban J connectivity index is 2.49. The van der Waals surface area contributed by atoms with Crippen LogP contribution in [0.5, 0.6) is 0 Å². The molecule has 0 aromatic rings. The van der Waals surface area contributed by atoms with E-state index < -0.39 is 17.2 Å². The molecular formula is C15H28N2O4. The monoisotopic (exact) mass is 300 g/mol. The van der Waals surface area contributed by atoms with Crippen LogP contribution in [0.3, 0.4) is 0 Å². The Labute approximate surface area is 126 Å². The molecule has 0 spiro atoms.